The molecule has 1 N–H and O–H groups in total. The molecule has 33 heavy (non-hydrogen) atoms. The fraction of sp³-hybridized carbons (Fsp3) is 0.400. The summed E-state index contributed by atoms with van der Waals surface area (Å²) in [5.74, 6) is -0.828. The minimum atomic E-state index is -0.828. The molecule has 0 amide bonds. The molecule has 0 spiro atoms. The predicted molar refractivity (Wildman–Crippen MR) is 124 cm³/mol. The second kappa shape index (κ2) is 13.4. The standard InChI is InChI=1S/C25H31FN4O3/c26-16-6-10-23-19-30(28-27-23)24-13-11-21(12-14-24)7-4-5-17-29(18-15-25(31)32)33-20-22-8-2-1-3-9-22/h1-3,8-9,11-14,19H,4-7,10,15-18,20H2,(H,31,32). The van der Waals surface area contributed by atoms with Gasteiger partial charge < -0.3 is 5.11 Å². The van der Waals surface area contributed by atoms with Crippen LogP contribution in [0.15, 0.2) is 60.8 Å². The first-order valence-corrected chi connectivity index (χ1v) is 11.3. The summed E-state index contributed by atoms with van der Waals surface area (Å²) in [5, 5.41) is 19.0. The molecule has 0 atom stereocenters. The number of aromatic nitrogens is 3. The molecule has 0 unspecified atom stereocenters. The second-order valence-electron chi connectivity index (χ2n) is 7.90. The molecule has 2 aromatic carbocycles. The number of hydrogen-bond acceptors (Lipinski definition) is 5. The number of nitrogens with zero attached hydrogens (tertiary/aromatic N) is 4. The fourth-order valence-corrected chi connectivity index (χ4v) is 3.42. The lowest BCUT2D eigenvalue weighted by Crippen LogP contribution is -2.28. The van der Waals surface area contributed by atoms with Gasteiger partial charge in [-0.3, -0.25) is 14.0 Å². The Morgan fingerprint density at radius 2 is 1.76 bits per heavy atom. The van der Waals surface area contributed by atoms with Gasteiger partial charge in [-0.1, -0.05) is 47.7 Å². The van der Waals surface area contributed by atoms with Crippen LogP contribution >= 0.6 is 0 Å². The summed E-state index contributed by atoms with van der Waals surface area (Å²) in [4.78, 5) is 16.8. The number of carboxylic acid groups (broad SMARTS) is 1. The third-order valence-electron chi connectivity index (χ3n) is 5.26. The van der Waals surface area contributed by atoms with Gasteiger partial charge in [-0.2, -0.15) is 5.06 Å². The molecule has 3 aromatic rings. The van der Waals surface area contributed by atoms with Gasteiger partial charge in [0.2, 0.25) is 0 Å². The van der Waals surface area contributed by atoms with Gasteiger partial charge in [0.25, 0.3) is 0 Å². The van der Waals surface area contributed by atoms with E-state index >= 15 is 0 Å². The number of halogens is 1. The number of alkyl halides is 1. The van der Waals surface area contributed by atoms with Crippen molar-refractivity contribution in [1.29, 1.82) is 0 Å². The summed E-state index contributed by atoms with van der Waals surface area (Å²) in [6.45, 7) is 1.12. The molecule has 8 heteroatoms. The third-order valence-corrected chi connectivity index (χ3v) is 5.26. The summed E-state index contributed by atoms with van der Waals surface area (Å²) < 4.78 is 14.0. The average molecular weight is 455 g/mol. The second-order valence-corrected chi connectivity index (χ2v) is 7.90. The quantitative estimate of drug-likeness (QED) is 0.271. The molecule has 0 aliphatic carbocycles. The number of hydrogen-bond donors (Lipinski definition) is 1. The number of benzene rings is 2. The van der Waals surface area contributed by atoms with Crippen LogP contribution in [0.3, 0.4) is 0 Å². The molecular weight excluding hydrogens is 423 g/mol. The van der Waals surface area contributed by atoms with Crippen LogP contribution in [0.2, 0.25) is 0 Å². The highest BCUT2D eigenvalue weighted by Crippen LogP contribution is 2.13. The Morgan fingerprint density at radius 3 is 2.48 bits per heavy atom. The van der Waals surface area contributed by atoms with E-state index in [0.29, 0.717) is 32.5 Å². The SMILES string of the molecule is O=C(O)CCN(CCCCc1ccc(-n2cc(CCCF)nn2)cc1)OCc1ccccc1. The maximum Gasteiger partial charge on any atom is 0.304 e. The molecule has 0 aliphatic rings. The van der Waals surface area contributed by atoms with Gasteiger partial charge in [0.1, 0.15) is 0 Å². The minimum Gasteiger partial charge on any atom is -0.481 e. The number of carbonyl (C=O) groups is 1. The number of unbranched alkanes of at least 4 members (excludes halogenated alkanes) is 1. The molecule has 0 radical (unpaired) electrons. The monoisotopic (exact) mass is 454 g/mol. The molecule has 1 heterocycles. The Morgan fingerprint density at radius 1 is 0.970 bits per heavy atom. The first-order valence-electron chi connectivity index (χ1n) is 11.3. The van der Waals surface area contributed by atoms with Crippen molar-refractivity contribution < 1.29 is 19.1 Å². The van der Waals surface area contributed by atoms with E-state index in [-0.39, 0.29) is 13.1 Å². The van der Waals surface area contributed by atoms with Crippen LogP contribution in [0.1, 0.15) is 42.5 Å². The van der Waals surface area contributed by atoms with Crippen molar-refractivity contribution in [2.75, 3.05) is 19.8 Å². The van der Waals surface area contributed by atoms with Gasteiger partial charge >= 0.3 is 5.97 Å². The van der Waals surface area contributed by atoms with Crippen molar-refractivity contribution in [2.24, 2.45) is 0 Å². The first kappa shape index (κ1) is 24.5. The molecular formula is C25H31FN4O3. The number of aliphatic carboxylic acids is 1. The lowest BCUT2D eigenvalue weighted by atomic mass is 10.1. The van der Waals surface area contributed by atoms with Crippen molar-refractivity contribution >= 4 is 5.97 Å². The van der Waals surface area contributed by atoms with Gasteiger partial charge in [-0.15, -0.1) is 5.10 Å². The number of aryl methyl sites for hydroxylation is 2. The highest BCUT2D eigenvalue weighted by Gasteiger charge is 2.09. The largest absolute Gasteiger partial charge is 0.481 e. The van der Waals surface area contributed by atoms with E-state index in [2.05, 4.69) is 22.4 Å². The highest BCUT2D eigenvalue weighted by atomic mass is 19.1. The van der Waals surface area contributed by atoms with Gasteiger partial charge in [0, 0.05) is 13.1 Å². The maximum absolute atomic E-state index is 12.3. The Balaban J connectivity index is 1.43. The van der Waals surface area contributed by atoms with Crippen molar-refractivity contribution in [3.05, 3.63) is 77.6 Å². The first-order chi connectivity index (χ1) is 16.1. The Hall–Kier alpha value is -3.10. The van der Waals surface area contributed by atoms with E-state index in [4.69, 9.17) is 9.94 Å². The van der Waals surface area contributed by atoms with Crippen molar-refractivity contribution in [3.63, 3.8) is 0 Å². The molecule has 1 aromatic heterocycles. The van der Waals surface area contributed by atoms with E-state index in [0.717, 1.165) is 36.2 Å². The number of hydroxylamine groups is 2. The van der Waals surface area contributed by atoms with E-state index in [1.54, 1.807) is 9.75 Å². The Kier molecular flexibility index (Phi) is 10.0. The van der Waals surface area contributed by atoms with Gasteiger partial charge in [0.05, 0.1) is 37.3 Å². The Bertz CT molecular complexity index is 963. The normalized spacial score (nSPS) is 11.2. The third kappa shape index (κ3) is 8.75. The number of carboxylic acids is 1. The van der Waals surface area contributed by atoms with Gasteiger partial charge in [-0.05, 0) is 55.4 Å². The lowest BCUT2D eigenvalue weighted by molar-refractivity contribution is -0.174. The molecule has 3 rings (SSSR count). The summed E-state index contributed by atoms with van der Waals surface area (Å²) in [5.41, 5.74) is 3.99. The smallest absolute Gasteiger partial charge is 0.304 e. The van der Waals surface area contributed by atoms with Gasteiger partial charge in [0.15, 0.2) is 0 Å². The van der Waals surface area contributed by atoms with E-state index < -0.39 is 5.97 Å². The van der Waals surface area contributed by atoms with Crippen molar-refractivity contribution in [2.45, 2.75) is 45.1 Å². The zero-order chi connectivity index (χ0) is 23.3. The molecule has 176 valence electrons. The number of rotatable bonds is 15. The zero-order valence-corrected chi connectivity index (χ0v) is 18.8. The van der Waals surface area contributed by atoms with Crippen molar-refractivity contribution in [1.82, 2.24) is 20.1 Å². The topological polar surface area (TPSA) is 80.5 Å². The Labute approximate surface area is 193 Å². The van der Waals surface area contributed by atoms with Crippen LogP contribution in [0, 0.1) is 0 Å². The van der Waals surface area contributed by atoms with Crippen LogP contribution in [-0.2, 0) is 29.1 Å². The van der Waals surface area contributed by atoms with Crippen LogP contribution in [0.25, 0.3) is 5.69 Å². The summed E-state index contributed by atoms with van der Waals surface area (Å²) >= 11 is 0. The molecule has 0 saturated carbocycles. The average Bonchev–Trinajstić information content (AvgIpc) is 3.31. The molecule has 7 nitrogen and oxygen atoms in total. The molecule has 0 aliphatic heterocycles. The summed E-state index contributed by atoms with van der Waals surface area (Å²) in [6, 6.07) is 18.0. The molecule has 0 bridgehead atoms. The van der Waals surface area contributed by atoms with E-state index in [9.17, 15) is 9.18 Å². The van der Waals surface area contributed by atoms with E-state index in [1.807, 2.05) is 48.7 Å². The van der Waals surface area contributed by atoms with Gasteiger partial charge in [-0.25, -0.2) is 4.68 Å². The summed E-state index contributed by atoms with van der Waals surface area (Å²) in [6.07, 6.45) is 5.73. The fourth-order valence-electron chi connectivity index (χ4n) is 3.42. The highest BCUT2D eigenvalue weighted by molar-refractivity contribution is 5.66. The minimum absolute atomic E-state index is 0.0496. The van der Waals surface area contributed by atoms with Crippen LogP contribution < -0.4 is 0 Å². The summed E-state index contributed by atoms with van der Waals surface area (Å²) in [7, 11) is 0. The molecule has 0 fully saturated rings. The predicted octanol–water partition coefficient (Wildman–Crippen LogP) is 4.40. The molecule has 0 saturated heterocycles. The van der Waals surface area contributed by atoms with Crippen LogP contribution in [0.5, 0.6) is 0 Å². The van der Waals surface area contributed by atoms with E-state index in [1.165, 1.54) is 5.56 Å². The zero-order valence-electron chi connectivity index (χ0n) is 18.8. The van der Waals surface area contributed by atoms with Crippen LogP contribution in [0.4, 0.5) is 4.39 Å². The maximum atomic E-state index is 12.3. The lowest BCUT2D eigenvalue weighted by Gasteiger charge is -2.21. The van der Waals surface area contributed by atoms with Crippen molar-refractivity contribution in [3.8, 4) is 5.69 Å². The van der Waals surface area contributed by atoms with Crippen LogP contribution in [-0.4, -0.2) is 50.9 Å².